The van der Waals surface area contributed by atoms with Gasteiger partial charge in [-0.2, -0.15) is 13.2 Å². The van der Waals surface area contributed by atoms with Crippen LogP contribution in [-0.4, -0.2) is 16.7 Å². The Hall–Kier alpha value is -3.17. The Labute approximate surface area is 197 Å². The molecule has 0 amide bonds. The van der Waals surface area contributed by atoms with E-state index in [0.717, 1.165) is 41.9 Å². The van der Waals surface area contributed by atoms with Crippen LogP contribution >= 0.6 is 24.2 Å². The second-order valence-corrected chi connectivity index (χ2v) is 8.12. The van der Waals surface area contributed by atoms with Crippen molar-refractivity contribution in [3.05, 3.63) is 87.4 Å². The molecule has 4 aromatic rings. The van der Waals surface area contributed by atoms with Gasteiger partial charge in [-0.25, -0.2) is 4.79 Å². The average Bonchev–Trinajstić information content (AvgIpc) is 3.44. The monoisotopic (exact) mass is 491 g/mol. The Morgan fingerprint density at radius 2 is 1.67 bits per heavy atom. The van der Waals surface area contributed by atoms with E-state index in [2.05, 4.69) is 32.6 Å². The van der Waals surface area contributed by atoms with Gasteiger partial charge in [0.1, 0.15) is 0 Å². The van der Waals surface area contributed by atoms with Gasteiger partial charge in [0.25, 0.3) is 0 Å². The summed E-state index contributed by atoms with van der Waals surface area (Å²) in [4.78, 5) is 13.8. The minimum absolute atomic E-state index is 0.352. The highest BCUT2D eigenvalue weighted by atomic mass is 35.5. The van der Waals surface area contributed by atoms with Crippen molar-refractivity contribution in [2.45, 2.75) is 17.5 Å². The molecule has 10 heteroatoms. The fourth-order valence-electron chi connectivity index (χ4n) is 3.34. The third-order valence-electron chi connectivity index (χ3n) is 5.02. The summed E-state index contributed by atoms with van der Waals surface area (Å²) in [6.07, 6.45) is -3.32. The Morgan fingerprint density at radius 3 is 2.30 bits per heavy atom. The molecule has 0 atom stereocenters. The van der Waals surface area contributed by atoms with Gasteiger partial charge in [-0.3, -0.25) is 9.51 Å². The maximum atomic E-state index is 12.5. The molecule has 1 aliphatic rings. The number of halogens is 4. The van der Waals surface area contributed by atoms with Gasteiger partial charge in [0.15, 0.2) is 5.82 Å². The normalized spacial score (nSPS) is 12.5. The van der Waals surface area contributed by atoms with Gasteiger partial charge in [-0.05, 0) is 65.6 Å². The standard InChI is InChI=1S/C15H12F3N.C8H5ClN2O2S/c16-15(17,18)13-4-1-10(2-5-13)11-3-6-14-12(9-11)7-8-19-14;9-5-3-4(1-2-6(5)14)7-10-8(12)13-11-7/h1-6,9,19H,7-8H2;1-3,14H,(H,10,11,12). The molecule has 0 fully saturated rings. The number of hydrogen-bond acceptors (Lipinski definition) is 5. The fourth-order valence-corrected chi connectivity index (χ4v) is 3.66. The molecule has 2 heterocycles. The Bertz CT molecular complexity index is 1330. The molecular weight excluding hydrogens is 475 g/mol. The summed E-state index contributed by atoms with van der Waals surface area (Å²) in [5.74, 6) is -0.240. The molecule has 0 saturated carbocycles. The van der Waals surface area contributed by atoms with Crippen molar-refractivity contribution in [1.82, 2.24) is 10.1 Å². The fraction of sp³-hybridized carbons (Fsp3) is 0.130. The molecule has 0 unspecified atom stereocenters. The minimum Gasteiger partial charge on any atom is -0.384 e. The molecule has 0 saturated heterocycles. The van der Waals surface area contributed by atoms with Crippen LogP contribution in [0.4, 0.5) is 18.9 Å². The van der Waals surface area contributed by atoms with Crippen molar-refractivity contribution in [3.63, 3.8) is 0 Å². The lowest BCUT2D eigenvalue weighted by molar-refractivity contribution is -0.137. The number of aromatic nitrogens is 2. The topological polar surface area (TPSA) is 70.9 Å². The zero-order valence-electron chi connectivity index (χ0n) is 16.9. The number of alkyl halides is 3. The second kappa shape index (κ2) is 9.36. The molecule has 0 aliphatic carbocycles. The molecular formula is C23H17ClF3N3O2S. The zero-order chi connectivity index (χ0) is 23.6. The van der Waals surface area contributed by atoms with E-state index in [1.165, 1.54) is 17.7 Å². The molecule has 1 aromatic heterocycles. The lowest BCUT2D eigenvalue weighted by Crippen LogP contribution is -2.03. The first-order valence-corrected chi connectivity index (χ1v) is 10.6. The smallest absolute Gasteiger partial charge is 0.384 e. The van der Waals surface area contributed by atoms with Crippen molar-refractivity contribution < 1.29 is 17.7 Å². The molecule has 2 N–H and O–H groups in total. The number of benzene rings is 3. The summed E-state index contributed by atoms with van der Waals surface area (Å²) in [6.45, 7) is 0.922. The van der Waals surface area contributed by atoms with Crippen LogP contribution in [0.1, 0.15) is 11.1 Å². The summed E-state index contributed by atoms with van der Waals surface area (Å²) < 4.78 is 41.8. The number of anilines is 1. The van der Waals surface area contributed by atoms with Gasteiger partial charge < -0.3 is 5.32 Å². The number of nitrogens with one attached hydrogen (secondary N) is 2. The summed E-state index contributed by atoms with van der Waals surface area (Å²) >= 11 is 9.96. The molecule has 1 aliphatic heterocycles. The van der Waals surface area contributed by atoms with Gasteiger partial charge in [0, 0.05) is 22.7 Å². The van der Waals surface area contributed by atoms with Crippen molar-refractivity contribution in [2.24, 2.45) is 0 Å². The molecule has 170 valence electrons. The Balaban J connectivity index is 0.000000165. The van der Waals surface area contributed by atoms with E-state index < -0.39 is 17.5 Å². The largest absolute Gasteiger partial charge is 0.439 e. The van der Waals surface area contributed by atoms with Gasteiger partial charge in [-0.1, -0.05) is 35.0 Å². The third-order valence-corrected chi connectivity index (χ3v) is 5.86. The number of rotatable bonds is 2. The molecule has 0 spiro atoms. The van der Waals surface area contributed by atoms with Crippen LogP contribution < -0.4 is 11.1 Å². The maximum absolute atomic E-state index is 12.5. The number of thiol groups is 1. The van der Waals surface area contributed by atoms with Gasteiger partial charge >= 0.3 is 11.9 Å². The van der Waals surface area contributed by atoms with E-state index in [4.69, 9.17) is 11.6 Å². The summed E-state index contributed by atoms with van der Waals surface area (Å²) in [5.41, 5.74) is 4.17. The minimum atomic E-state index is -4.28. The first-order valence-electron chi connectivity index (χ1n) is 9.80. The van der Waals surface area contributed by atoms with Crippen molar-refractivity contribution >= 4 is 29.9 Å². The SMILES string of the molecule is FC(F)(F)c1ccc(-c2ccc3c(c2)CCN3)cc1.O=c1[nH]c(-c2ccc(S)c(Cl)c2)no1. The predicted molar refractivity (Wildman–Crippen MR) is 124 cm³/mol. The van der Waals surface area contributed by atoms with Gasteiger partial charge in [-0.15, -0.1) is 12.6 Å². The van der Waals surface area contributed by atoms with Crippen LogP contribution in [0.15, 0.2) is 74.9 Å². The predicted octanol–water partition coefficient (Wildman–Crippen LogP) is 6.31. The van der Waals surface area contributed by atoms with Crippen LogP contribution in [0.3, 0.4) is 0 Å². The van der Waals surface area contributed by atoms with Crippen LogP contribution in [0.5, 0.6) is 0 Å². The molecule has 33 heavy (non-hydrogen) atoms. The Kier molecular flexibility index (Phi) is 6.53. The average molecular weight is 492 g/mol. The summed E-state index contributed by atoms with van der Waals surface area (Å²) in [7, 11) is 0. The second-order valence-electron chi connectivity index (χ2n) is 7.23. The van der Waals surface area contributed by atoms with E-state index in [1.807, 2.05) is 18.2 Å². The van der Waals surface area contributed by atoms with E-state index in [9.17, 15) is 18.0 Å². The first-order chi connectivity index (χ1) is 15.7. The first kappa shape index (κ1) is 23.0. The lowest BCUT2D eigenvalue weighted by atomic mass is 10.0. The highest BCUT2D eigenvalue weighted by Crippen LogP contribution is 2.32. The van der Waals surface area contributed by atoms with Crippen LogP contribution in [0.25, 0.3) is 22.5 Å². The number of nitrogens with zero attached hydrogens (tertiary/aromatic N) is 1. The van der Waals surface area contributed by atoms with Crippen molar-refractivity contribution in [2.75, 3.05) is 11.9 Å². The number of aromatic amines is 1. The maximum Gasteiger partial charge on any atom is 0.439 e. The molecule has 5 nitrogen and oxygen atoms in total. The summed E-state index contributed by atoms with van der Waals surface area (Å²) in [6, 6.07) is 16.3. The van der Waals surface area contributed by atoms with Crippen LogP contribution in [-0.2, 0) is 12.6 Å². The molecule has 5 rings (SSSR count). The molecule has 3 aromatic carbocycles. The third kappa shape index (κ3) is 5.43. The number of fused-ring (bicyclic) bond motifs is 1. The zero-order valence-corrected chi connectivity index (χ0v) is 18.6. The Morgan fingerprint density at radius 1 is 0.970 bits per heavy atom. The summed E-state index contributed by atoms with van der Waals surface area (Å²) in [5, 5.41) is 7.28. The highest BCUT2D eigenvalue weighted by Gasteiger charge is 2.30. The van der Waals surface area contributed by atoms with Crippen LogP contribution in [0, 0.1) is 0 Å². The van der Waals surface area contributed by atoms with Gasteiger partial charge in [0.2, 0.25) is 0 Å². The highest BCUT2D eigenvalue weighted by molar-refractivity contribution is 7.80. The van der Waals surface area contributed by atoms with E-state index in [-0.39, 0.29) is 0 Å². The van der Waals surface area contributed by atoms with Gasteiger partial charge in [0.05, 0.1) is 10.6 Å². The lowest BCUT2D eigenvalue weighted by Gasteiger charge is -2.09. The van der Waals surface area contributed by atoms with Crippen LogP contribution in [0.2, 0.25) is 5.02 Å². The van der Waals surface area contributed by atoms with Crippen molar-refractivity contribution in [1.29, 1.82) is 0 Å². The quantitative estimate of drug-likeness (QED) is 0.287. The van der Waals surface area contributed by atoms with Crippen molar-refractivity contribution in [3.8, 4) is 22.5 Å². The van der Waals surface area contributed by atoms with E-state index >= 15 is 0 Å². The molecule has 0 bridgehead atoms. The number of hydrogen-bond donors (Lipinski definition) is 3. The van der Waals surface area contributed by atoms with E-state index in [1.54, 1.807) is 18.2 Å². The van der Waals surface area contributed by atoms with E-state index in [0.29, 0.717) is 21.3 Å². The number of H-pyrrole nitrogens is 1. The molecule has 0 radical (unpaired) electrons.